The topological polar surface area (TPSA) is 58.2 Å². The Morgan fingerprint density at radius 3 is 2.30 bits per heavy atom. The van der Waals surface area contributed by atoms with Crippen LogP contribution in [0.4, 0.5) is 11.4 Å². The molecule has 2 amide bonds. The van der Waals surface area contributed by atoms with Gasteiger partial charge in [-0.2, -0.15) is 0 Å². The Balaban J connectivity index is 1.71. The number of hydrogen-bond donors (Lipinski definition) is 2. The molecule has 0 bridgehead atoms. The van der Waals surface area contributed by atoms with Gasteiger partial charge in [-0.25, -0.2) is 0 Å². The van der Waals surface area contributed by atoms with Crippen LogP contribution in [-0.4, -0.2) is 11.8 Å². The molecule has 118 valence electrons. The van der Waals surface area contributed by atoms with Crippen molar-refractivity contribution in [2.45, 2.75) is 32.1 Å². The molecule has 0 spiro atoms. The number of aryl methyl sites for hydroxylation is 1. The molecule has 2 aromatic carbocycles. The van der Waals surface area contributed by atoms with Crippen LogP contribution in [0.25, 0.3) is 0 Å². The van der Waals surface area contributed by atoms with E-state index in [9.17, 15) is 9.59 Å². The predicted octanol–water partition coefficient (Wildman–Crippen LogP) is 3.70. The summed E-state index contributed by atoms with van der Waals surface area (Å²) in [7, 11) is 0. The van der Waals surface area contributed by atoms with Crippen LogP contribution in [0.2, 0.25) is 0 Å². The molecule has 1 aliphatic rings. The Bertz CT molecular complexity index is 722. The first-order valence-corrected chi connectivity index (χ1v) is 7.90. The van der Waals surface area contributed by atoms with Crippen molar-refractivity contribution in [1.82, 2.24) is 0 Å². The molecule has 1 aliphatic carbocycles. The Kier molecular flexibility index (Phi) is 4.42. The largest absolute Gasteiger partial charge is 0.326 e. The number of carbonyl (C=O) groups excluding carboxylic acids is 2. The predicted molar refractivity (Wildman–Crippen MR) is 91.5 cm³/mol. The summed E-state index contributed by atoms with van der Waals surface area (Å²) in [6, 6.07) is 15.4. The molecule has 3 rings (SSSR count). The highest BCUT2D eigenvalue weighted by molar-refractivity contribution is 5.96. The third-order valence-electron chi connectivity index (χ3n) is 4.16. The van der Waals surface area contributed by atoms with Gasteiger partial charge in [-0.15, -0.1) is 0 Å². The summed E-state index contributed by atoms with van der Waals surface area (Å²) in [6.45, 7) is 1.47. The zero-order valence-electron chi connectivity index (χ0n) is 13.1. The third kappa shape index (κ3) is 3.59. The van der Waals surface area contributed by atoms with Crippen molar-refractivity contribution in [3.8, 4) is 0 Å². The lowest BCUT2D eigenvalue weighted by Gasteiger charge is -2.24. The maximum absolute atomic E-state index is 12.6. The van der Waals surface area contributed by atoms with Crippen molar-refractivity contribution >= 4 is 23.2 Å². The van der Waals surface area contributed by atoms with Crippen molar-refractivity contribution in [2.75, 3.05) is 10.6 Å². The number of benzene rings is 2. The number of fused-ring (bicyclic) bond motifs is 1. The second kappa shape index (κ2) is 6.65. The maximum atomic E-state index is 12.6. The van der Waals surface area contributed by atoms with E-state index in [2.05, 4.69) is 22.8 Å². The van der Waals surface area contributed by atoms with Crippen LogP contribution in [0.15, 0.2) is 48.5 Å². The van der Waals surface area contributed by atoms with Gasteiger partial charge in [-0.1, -0.05) is 24.3 Å². The normalized spacial score (nSPS) is 16.3. The van der Waals surface area contributed by atoms with E-state index in [1.165, 1.54) is 12.5 Å². The molecule has 0 aromatic heterocycles. The number of hydrogen-bond acceptors (Lipinski definition) is 2. The second-order valence-electron chi connectivity index (χ2n) is 5.89. The molecule has 0 radical (unpaired) electrons. The lowest BCUT2D eigenvalue weighted by molar-refractivity contribution is -0.118. The summed E-state index contributed by atoms with van der Waals surface area (Å²) in [4.78, 5) is 23.6. The second-order valence-corrected chi connectivity index (χ2v) is 5.89. The summed E-state index contributed by atoms with van der Waals surface area (Å²) >= 11 is 0. The van der Waals surface area contributed by atoms with Gasteiger partial charge in [0.1, 0.15) is 0 Å². The van der Waals surface area contributed by atoms with Gasteiger partial charge >= 0.3 is 0 Å². The lowest BCUT2D eigenvalue weighted by Crippen LogP contribution is -2.24. The number of rotatable bonds is 3. The number of amides is 2. The Hall–Kier alpha value is -2.62. The van der Waals surface area contributed by atoms with Crippen molar-refractivity contribution in [1.29, 1.82) is 0 Å². The van der Waals surface area contributed by atoms with E-state index >= 15 is 0 Å². The highest BCUT2D eigenvalue weighted by Gasteiger charge is 2.26. The first kappa shape index (κ1) is 15.3. The van der Waals surface area contributed by atoms with Crippen LogP contribution in [-0.2, 0) is 16.0 Å². The van der Waals surface area contributed by atoms with E-state index in [0.717, 1.165) is 36.2 Å². The van der Waals surface area contributed by atoms with Crippen LogP contribution in [0, 0.1) is 0 Å². The summed E-state index contributed by atoms with van der Waals surface area (Å²) in [5.41, 5.74) is 3.89. The molecule has 4 nitrogen and oxygen atoms in total. The lowest BCUT2D eigenvalue weighted by atomic mass is 9.82. The number of anilines is 2. The monoisotopic (exact) mass is 308 g/mol. The van der Waals surface area contributed by atoms with E-state index in [4.69, 9.17) is 0 Å². The van der Waals surface area contributed by atoms with Crippen LogP contribution < -0.4 is 10.6 Å². The quantitative estimate of drug-likeness (QED) is 0.908. The molecule has 0 saturated carbocycles. The molecular weight excluding hydrogens is 288 g/mol. The molecule has 2 N–H and O–H groups in total. The van der Waals surface area contributed by atoms with E-state index < -0.39 is 0 Å². The summed E-state index contributed by atoms with van der Waals surface area (Å²) in [5.74, 6) is -0.167. The summed E-state index contributed by atoms with van der Waals surface area (Å²) in [5, 5.41) is 5.69. The van der Waals surface area contributed by atoms with Crippen LogP contribution >= 0.6 is 0 Å². The van der Waals surface area contributed by atoms with E-state index in [1.807, 2.05) is 12.1 Å². The zero-order chi connectivity index (χ0) is 16.2. The SMILES string of the molecule is CC(=O)Nc1ccc(NC(=O)C2CCCc3ccccc32)cc1. The summed E-state index contributed by atoms with van der Waals surface area (Å²) in [6.07, 6.45) is 2.97. The van der Waals surface area contributed by atoms with Gasteiger partial charge in [0.15, 0.2) is 0 Å². The van der Waals surface area contributed by atoms with Gasteiger partial charge < -0.3 is 10.6 Å². The average molecular weight is 308 g/mol. The van der Waals surface area contributed by atoms with Crippen molar-refractivity contribution < 1.29 is 9.59 Å². The minimum Gasteiger partial charge on any atom is -0.326 e. The van der Waals surface area contributed by atoms with Crippen molar-refractivity contribution in [2.24, 2.45) is 0 Å². The first-order valence-electron chi connectivity index (χ1n) is 7.90. The maximum Gasteiger partial charge on any atom is 0.231 e. The Labute approximate surface area is 135 Å². The molecule has 0 aliphatic heterocycles. The standard InChI is InChI=1S/C19H20N2O2/c1-13(22)20-15-9-11-16(12-10-15)21-19(23)18-8-4-6-14-5-2-3-7-17(14)18/h2-3,5,7,9-12,18H,4,6,8H2,1H3,(H,20,22)(H,21,23). The smallest absolute Gasteiger partial charge is 0.231 e. The third-order valence-corrected chi connectivity index (χ3v) is 4.16. The molecule has 23 heavy (non-hydrogen) atoms. The Morgan fingerprint density at radius 1 is 0.957 bits per heavy atom. The molecular formula is C19H20N2O2. The van der Waals surface area contributed by atoms with Gasteiger partial charge in [0.2, 0.25) is 11.8 Å². The van der Waals surface area contributed by atoms with Crippen LogP contribution in [0.3, 0.4) is 0 Å². The Morgan fingerprint density at radius 2 is 1.61 bits per heavy atom. The molecule has 0 heterocycles. The van der Waals surface area contributed by atoms with Gasteiger partial charge in [0, 0.05) is 18.3 Å². The average Bonchev–Trinajstić information content (AvgIpc) is 2.55. The number of carbonyl (C=O) groups is 2. The fourth-order valence-corrected chi connectivity index (χ4v) is 3.10. The minimum absolute atomic E-state index is 0.0319. The molecule has 1 atom stereocenters. The van der Waals surface area contributed by atoms with Crippen LogP contribution in [0.5, 0.6) is 0 Å². The van der Waals surface area contributed by atoms with E-state index in [1.54, 1.807) is 24.3 Å². The van der Waals surface area contributed by atoms with E-state index in [-0.39, 0.29) is 17.7 Å². The highest BCUT2D eigenvalue weighted by atomic mass is 16.2. The molecule has 2 aromatic rings. The fraction of sp³-hybridized carbons (Fsp3) is 0.263. The highest BCUT2D eigenvalue weighted by Crippen LogP contribution is 2.32. The van der Waals surface area contributed by atoms with Crippen molar-refractivity contribution in [3.63, 3.8) is 0 Å². The molecule has 1 unspecified atom stereocenters. The van der Waals surface area contributed by atoms with Gasteiger partial charge in [-0.3, -0.25) is 9.59 Å². The zero-order valence-corrected chi connectivity index (χ0v) is 13.1. The van der Waals surface area contributed by atoms with E-state index in [0.29, 0.717) is 0 Å². The molecule has 4 heteroatoms. The van der Waals surface area contributed by atoms with Gasteiger partial charge in [-0.05, 0) is 54.7 Å². The van der Waals surface area contributed by atoms with Crippen LogP contribution in [0.1, 0.15) is 36.8 Å². The fourth-order valence-electron chi connectivity index (χ4n) is 3.10. The van der Waals surface area contributed by atoms with Gasteiger partial charge in [0.25, 0.3) is 0 Å². The molecule has 0 saturated heterocycles. The number of nitrogens with one attached hydrogen (secondary N) is 2. The van der Waals surface area contributed by atoms with Crippen molar-refractivity contribution in [3.05, 3.63) is 59.7 Å². The minimum atomic E-state index is -0.111. The van der Waals surface area contributed by atoms with Gasteiger partial charge in [0.05, 0.1) is 5.92 Å². The summed E-state index contributed by atoms with van der Waals surface area (Å²) < 4.78 is 0. The first-order chi connectivity index (χ1) is 11.1. The molecule has 0 fully saturated rings.